The maximum atomic E-state index is 13.8. The van der Waals surface area contributed by atoms with Crippen LogP contribution >= 0.6 is 11.8 Å². The maximum absolute atomic E-state index is 13.8. The first kappa shape index (κ1) is 35.1. The highest BCUT2D eigenvalue weighted by atomic mass is 32.2. The maximum Gasteiger partial charge on any atom is 0.336 e. The van der Waals surface area contributed by atoms with E-state index in [1.54, 1.807) is 18.2 Å². The normalized spacial score (nSPS) is 35.7. The van der Waals surface area contributed by atoms with Crippen molar-refractivity contribution >= 4 is 40.6 Å². The Morgan fingerprint density at radius 3 is 2.72 bits per heavy atom. The Hall–Kier alpha value is -3.35. The number of halogens is 1. The van der Waals surface area contributed by atoms with Crippen molar-refractivity contribution in [3.05, 3.63) is 52.9 Å². The van der Waals surface area contributed by atoms with Crippen LogP contribution in [0.4, 0.5) is 4.39 Å². The first-order valence-electron chi connectivity index (χ1n) is 17.8. The number of esters is 1. The third kappa shape index (κ3) is 5.48. The molecule has 268 valence electrons. The van der Waals surface area contributed by atoms with Crippen LogP contribution < -0.4 is 5.73 Å². The first-order chi connectivity index (χ1) is 23.8. The van der Waals surface area contributed by atoms with E-state index >= 15 is 0 Å². The average molecular weight is 708 g/mol. The SMILES string of the molecule is C[C@H]1C[C@@H]2[C@H]([C@@H](O)C[C@@]3(C)[C@H]2CC[C@]3(OC(=O)[C@H]2CCCO2)C(=O)SCF)[C@@]2(C)Cc3cnn(-c4cccc(C(=O)CCC(N)=O)c4)c3C=C12. The molecule has 1 aromatic carbocycles. The summed E-state index contributed by atoms with van der Waals surface area (Å²) in [5.41, 5.74) is 6.89. The first-order valence-corrected chi connectivity index (χ1v) is 18.8. The number of rotatable bonds is 9. The highest BCUT2D eigenvalue weighted by Gasteiger charge is 2.71. The molecule has 2 aromatic rings. The Bertz CT molecular complexity index is 1750. The number of ether oxygens (including phenoxy) is 2. The molecule has 2 heterocycles. The second kappa shape index (κ2) is 13.0. The summed E-state index contributed by atoms with van der Waals surface area (Å²) >= 11 is 0.552. The zero-order valence-corrected chi connectivity index (χ0v) is 29.7. The van der Waals surface area contributed by atoms with Crippen molar-refractivity contribution in [3.63, 3.8) is 0 Å². The number of hydrogen-bond acceptors (Lipinski definition) is 9. The quantitative estimate of drug-likeness (QED) is 0.259. The second-order valence-corrected chi connectivity index (χ2v) is 16.4. The molecule has 0 spiro atoms. The van der Waals surface area contributed by atoms with Crippen LogP contribution in [0.3, 0.4) is 0 Å². The molecule has 0 bridgehead atoms. The highest BCUT2D eigenvalue weighted by Crippen LogP contribution is 2.69. The molecule has 1 saturated heterocycles. The van der Waals surface area contributed by atoms with Crippen molar-refractivity contribution in [2.75, 3.05) is 12.6 Å². The van der Waals surface area contributed by atoms with Crippen LogP contribution in [0.2, 0.25) is 0 Å². The molecule has 4 aliphatic carbocycles. The Morgan fingerprint density at radius 2 is 2.00 bits per heavy atom. The fourth-order valence-corrected chi connectivity index (χ4v) is 11.4. The third-order valence-electron chi connectivity index (χ3n) is 12.9. The number of benzene rings is 1. The molecule has 0 radical (unpaired) electrons. The highest BCUT2D eigenvalue weighted by molar-refractivity contribution is 8.13. The lowest BCUT2D eigenvalue weighted by Gasteiger charge is -2.61. The Morgan fingerprint density at radius 1 is 1.20 bits per heavy atom. The van der Waals surface area contributed by atoms with E-state index in [9.17, 15) is 28.7 Å². The molecule has 0 unspecified atom stereocenters. The lowest BCUT2D eigenvalue weighted by molar-refractivity contribution is -0.203. The van der Waals surface area contributed by atoms with E-state index in [0.29, 0.717) is 49.6 Å². The number of hydrogen-bond donors (Lipinski definition) is 2. The Labute approximate surface area is 295 Å². The number of amides is 1. The van der Waals surface area contributed by atoms with Gasteiger partial charge in [0, 0.05) is 30.4 Å². The molecule has 10 nitrogen and oxygen atoms in total. The van der Waals surface area contributed by atoms with Crippen LogP contribution in [0.1, 0.15) is 93.8 Å². The molecular formula is C38H46FN3O7S. The smallest absolute Gasteiger partial charge is 0.336 e. The van der Waals surface area contributed by atoms with Gasteiger partial charge in [-0.2, -0.15) is 5.10 Å². The van der Waals surface area contributed by atoms with Crippen molar-refractivity contribution in [2.45, 2.75) is 96.4 Å². The number of carbonyl (C=O) groups excluding carboxylic acids is 4. The summed E-state index contributed by atoms with van der Waals surface area (Å²) < 4.78 is 27.4. The number of alkyl halides is 1. The molecule has 5 aliphatic rings. The minimum atomic E-state index is -1.54. The Balaban J connectivity index is 1.20. The monoisotopic (exact) mass is 707 g/mol. The standard InChI is InChI=1S/C38H46FN3O7S/c1-21-14-25-26-11-12-38(35(47)50-20-39,49-34(46)31-8-5-13-48-31)37(26,3)18-30(44)33(25)36(2)17-23-19-41-42(28(23)16-27(21)36)24-7-4-6-22(15-24)29(43)9-10-32(40)45/h4,6-7,15-16,19,21,25-26,30-31,33,44H,5,8-14,17-18,20H2,1-3H3,(H2,40,45)/t21-,25-,26-,30-,31+,33+,36-,37-,38-/m0/s1. The molecule has 1 aliphatic heterocycles. The summed E-state index contributed by atoms with van der Waals surface area (Å²) in [6.07, 6.45) is 6.49. The molecule has 12 heteroatoms. The van der Waals surface area contributed by atoms with Crippen molar-refractivity contribution < 1.29 is 38.1 Å². The number of allylic oxidation sites excluding steroid dienone is 1. The van der Waals surface area contributed by atoms with Gasteiger partial charge in [-0.3, -0.25) is 14.4 Å². The van der Waals surface area contributed by atoms with Gasteiger partial charge < -0.3 is 20.3 Å². The van der Waals surface area contributed by atoms with Crippen LogP contribution in [-0.2, 0) is 30.3 Å². The van der Waals surface area contributed by atoms with Gasteiger partial charge in [-0.15, -0.1) is 0 Å². The van der Waals surface area contributed by atoms with Crippen LogP contribution in [0.15, 0.2) is 36.0 Å². The number of Topliss-reactive ketones (excluding diaryl/α,β-unsaturated/α-hetero) is 1. The molecule has 9 atom stereocenters. The largest absolute Gasteiger partial charge is 0.448 e. The van der Waals surface area contributed by atoms with Gasteiger partial charge in [-0.05, 0) is 110 Å². The van der Waals surface area contributed by atoms with E-state index < -0.39 is 51.6 Å². The fourth-order valence-electron chi connectivity index (χ4n) is 10.7. The minimum Gasteiger partial charge on any atom is -0.448 e. The molecule has 7 rings (SSSR count). The van der Waals surface area contributed by atoms with Gasteiger partial charge in [0.05, 0.1) is 23.7 Å². The van der Waals surface area contributed by atoms with Crippen LogP contribution in [0, 0.1) is 34.5 Å². The predicted octanol–water partition coefficient (Wildman–Crippen LogP) is 5.37. The molecule has 1 aromatic heterocycles. The number of aromatic nitrogens is 2. The second-order valence-electron chi connectivity index (χ2n) is 15.6. The van der Waals surface area contributed by atoms with E-state index in [-0.39, 0.29) is 48.7 Å². The minimum absolute atomic E-state index is 0.00866. The zero-order chi connectivity index (χ0) is 35.6. The number of nitrogens with zero attached hydrogens (tertiary/aromatic N) is 2. The van der Waals surface area contributed by atoms with E-state index in [2.05, 4.69) is 19.9 Å². The van der Waals surface area contributed by atoms with E-state index in [1.807, 2.05) is 23.9 Å². The van der Waals surface area contributed by atoms with Crippen LogP contribution in [-0.4, -0.2) is 68.1 Å². The van der Waals surface area contributed by atoms with Gasteiger partial charge in [0.25, 0.3) is 0 Å². The van der Waals surface area contributed by atoms with Crippen LogP contribution in [0.5, 0.6) is 0 Å². The zero-order valence-electron chi connectivity index (χ0n) is 28.9. The summed E-state index contributed by atoms with van der Waals surface area (Å²) in [6, 6.07) is 6.31. The topological polar surface area (TPSA) is 151 Å². The fraction of sp³-hybridized carbons (Fsp3) is 0.605. The number of aliphatic hydroxyl groups is 1. The molecule has 50 heavy (non-hydrogen) atoms. The van der Waals surface area contributed by atoms with Gasteiger partial charge in [-0.25, -0.2) is 13.9 Å². The summed E-state index contributed by atoms with van der Waals surface area (Å²) in [5.74, 6) is -1.18. The number of aliphatic hydroxyl groups excluding tert-OH is 1. The Kier molecular flexibility index (Phi) is 9.12. The number of ketones is 1. The number of nitrogens with two attached hydrogens (primary N) is 1. The van der Waals surface area contributed by atoms with E-state index in [0.717, 1.165) is 29.8 Å². The van der Waals surface area contributed by atoms with E-state index in [1.165, 1.54) is 5.57 Å². The number of thioether (sulfide) groups is 1. The molecule has 4 fully saturated rings. The predicted molar refractivity (Wildman–Crippen MR) is 185 cm³/mol. The summed E-state index contributed by atoms with van der Waals surface area (Å²) in [7, 11) is 0. The summed E-state index contributed by atoms with van der Waals surface area (Å²) in [6.45, 7) is 6.88. The van der Waals surface area contributed by atoms with Crippen molar-refractivity contribution in [3.8, 4) is 5.69 Å². The number of fused-ring (bicyclic) bond motifs is 6. The third-order valence-corrected chi connectivity index (χ3v) is 13.6. The van der Waals surface area contributed by atoms with Crippen molar-refractivity contribution in [1.82, 2.24) is 9.78 Å². The molecule has 1 amide bonds. The lowest BCUT2D eigenvalue weighted by atomic mass is 9.44. The van der Waals surface area contributed by atoms with Gasteiger partial charge in [-0.1, -0.05) is 38.5 Å². The van der Waals surface area contributed by atoms with Gasteiger partial charge in [0.15, 0.2) is 17.5 Å². The van der Waals surface area contributed by atoms with Gasteiger partial charge >= 0.3 is 5.97 Å². The van der Waals surface area contributed by atoms with Crippen molar-refractivity contribution in [2.24, 2.45) is 40.2 Å². The summed E-state index contributed by atoms with van der Waals surface area (Å²) in [4.78, 5) is 51.3. The lowest BCUT2D eigenvalue weighted by Crippen LogP contribution is -2.63. The molecule has 3 saturated carbocycles. The number of carbonyl (C=O) groups is 4. The average Bonchev–Trinajstić information content (AvgIpc) is 3.81. The summed E-state index contributed by atoms with van der Waals surface area (Å²) in [5, 5.41) is 16.5. The van der Waals surface area contributed by atoms with E-state index in [4.69, 9.17) is 20.3 Å². The number of primary amides is 1. The molecule has 3 N–H and O–H groups in total. The van der Waals surface area contributed by atoms with Gasteiger partial charge in [0.1, 0.15) is 6.01 Å². The van der Waals surface area contributed by atoms with Gasteiger partial charge in [0.2, 0.25) is 11.0 Å². The molecular weight excluding hydrogens is 661 g/mol. The van der Waals surface area contributed by atoms with Crippen molar-refractivity contribution in [1.29, 1.82) is 0 Å². The van der Waals surface area contributed by atoms with Crippen LogP contribution in [0.25, 0.3) is 11.8 Å².